The second kappa shape index (κ2) is 4.43. The predicted octanol–water partition coefficient (Wildman–Crippen LogP) is 2.72. The number of rotatable bonds is 1. The fraction of sp³-hybridized carbons (Fsp3) is 0.571. The Morgan fingerprint density at radius 1 is 1.00 bits per heavy atom. The molecule has 3 rings (SSSR count). The van der Waals surface area contributed by atoms with Crippen LogP contribution in [0.25, 0.3) is 0 Å². The number of hydrogen-bond acceptors (Lipinski definition) is 3. The Bertz CT molecular complexity index is 455. The van der Waals surface area contributed by atoms with Crippen LogP contribution in [-0.4, -0.2) is 13.2 Å². The highest BCUT2D eigenvalue weighted by Crippen LogP contribution is 2.42. The minimum absolute atomic E-state index is 0.274. The van der Waals surface area contributed by atoms with Gasteiger partial charge in [0.05, 0.1) is 13.2 Å². The highest BCUT2D eigenvalue weighted by Gasteiger charge is 2.34. The van der Waals surface area contributed by atoms with E-state index in [0.29, 0.717) is 30.3 Å². The summed E-state index contributed by atoms with van der Waals surface area (Å²) in [6, 6.07) is 3.16. The molecule has 3 nitrogen and oxygen atoms in total. The molecule has 0 aromatic heterocycles. The lowest BCUT2D eigenvalue weighted by Gasteiger charge is -2.25. The van der Waals surface area contributed by atoms with Crippen molar-refractivity contribution in [3.63, 3.8) is 0 Å². The molecule has 4 heteroatoms. The maximum atomic E-state index is 14.2. The average Bonchev–Trinajstić information content (AvgIpc) is 2.66. The molecular formula is C14H18FNO2. The van der Waals surface area contributed by atoms with Crippen molar-refractivity contribution in [3.8, 4) is 11.5 Å². The monoisotopic (exact) mass is 251 g/mol. The summed E-state index contributed by atoms with van der Waals surface area (Å²) >= 11 is 0. The number of benzene rings is 1. The van der Waals surface area contributed by atoms with E-state index < -0.39 is 5.54 Å². The highest BCUT2D eigenvalue weighted by molar-refractivity contribution is 5.46. The predicted molar refractivity (Wildman–Crippen MR) is 66.3 cm³/mol. The van der Waals surface area contributed by atoms with Crippen LogP contribution < -0.4 is 15.2 Å². The summed E-state index contributed by atoms with van der Waals surface area (Å²) in [6.45, 7) is 1.18. The van der Waals surface area contributed by atoms with Gasteiger partial charge < -0.3 is 15.2 Å². The summed E-state index contributed by atoms with van der Waals surface area (Å²) < 4.78 is 25.3. The topological polar surface area (TPSA) is 44.5 Å². The number of fused-ring (bicyclic) bond motifs is 1. The minimum Gasteiger partial charge on any atom is -0.490 e. The maximum Gasteiger partial charge on any atom is 0.164 e. The number of halogens is 1. The first-order chi connectivity index (χ1) is 8.69. The molecule has 0 atom stereocenters. The SMILES string of the molecule is NC1(c2cc3c(cc2F)OCCCO3)CCCC1. The molecular weight excluding hydrogens is 233 g/mol. The van der Waals surface area contributed by atoms with E-state index in [-0.39, 0.29) is 5.82 Å². The van der Waals surface area contributed by atoms with Gasteiger partial charge in [0.15, 0.2) is 11.5 Å². The van der Waals surface area contributed by atoms with Gasteiger partial charge in [-0.2, -0.15) is 0 Å². The van der Waals surface area contributed by atoms with E-state index in [0.717, 1.165) is 32.1 Å². The summed E-state index contributed by atoms with van der Waals surface area (Å²) in [4.78, 5) is 0. The molecule has 0 radical (unpaired) electrons. The van der Waals surface area contributed by atoms with Crippen molar-refractivity contribution in [2.24, 2.45) is 5.73 Å². The Hall–Kier alpha value is -1.29. The molecule has 0 unspecified atom stereocenters. The Morgan fingerprint density at radius 2 is 1.61 bits per heavy atom. The van der Waals surface area contributed by atoms with Crippen molar-refractivity contribution in [1.29, 1.82) is 0 Å². The van der Waals surface area contributed by atoms with Crippen LogP contribution in [0.4, 0.5) is 4.39 Å². The van der Waals surface area contributed by atoms with E-state index in [1.807, 2.05) is 0 Å². The van der Waals surface area contributed by atoms with Gasteiger partial charge in [0, 0.05) is 23.6 Å². The van der Waals surface area contributed by atoms with Gasteiger partial charge in [0.1, 0.15) is 5.82 Å². The van der Waals surface area contributed by atoms with E-state index in [4.69, 9.17) is 15.2 Å². The average molecular weight is 251 g/mol. The van der Waals surface area contributed by atoms with Crippen LogP contribution in [-0.2, 0) is 5.54 Å². The summed E-state index contributed by atoms with van der Waals surface area (Å²) in [5, 5.41) is 0. The lowest BCUT2D eigenvalue weighted by Crippen LogP contribution is -2.34. The molecule has 0 saturated heterocycles. The normalized spacial score (nSPS) is 21.7. The Labute approximate surface area is 106 Å². The molecule has 1 fully saturated rings. The smallest absolute Gasteiger partial charge is 0.164 e. The van der Waals surface area contributed by atoms with Crippen LogP contribution in [0.3, 0.4) is 0 Å². The van der Waals surface area contributed by atoms with Crippen LogP contribution in [0.5, 0.6) is 11.5 Å². The molecule has 2 N–H and O–H groups in total. The third-order valence-corrected chi connectivity index (χ3v) is 3.87. The van der Waals surface area contributed by atoms with E-state index >= 15 is 0 Å². The van der Waals surface area contributed by atoms with Crippen molar-refractivity contribution < 1.29 is 13.9 Å². The third-order valence-electron chi connectivity index (χ3n) is 3.87. The van der Waals surface area contributed by atoms with Gasteiger partial charge in [0.2, 0.25) is 0 Å². The summed E-state index contributed by atoms with van der Waals surface area (Å²) in [5.41, 5.74) is 6.36. The maximum absolute atomic E-state index is 14.2. The molecule has 98 valence electrons. The minimum atomic E-state index is -0.533. The Balaban J connectivity index is 2.02. The van der Waals surface area contributed by atoms with Gasteiger partial charge in [-0.05, 0) is 18.9 Å². The van der Waals surface area contributed by atoms with Crippen molar-refractivity contribution in [1.82, 2.24) is 0 Å². The van der Waals surface area contributed by atoms with Crippen LogP contribution in [0.1, 0.15) is 37.7 Å². The zero-order valence-electron chi connectivity index (χ0n) is 10.4. The van der Waals surface area contributed by atoms with E-state index in [9.17, 15) is 4.39 Å². The number of hydrogen-bond donors (Lipinski definition) is 1. The zero-order valence-corrected chi connectivity index (χ0v) is 10.4. The van der Waals surface area contributed by atoms with Crippen molar-refractivity contribution >= 4 is 0 Å². The fourth-order valence-electron chi connectivity index (χ4n) is 2.84. The van der Waals surface area contributed by atoms with Gasteiger partial charge in [-0.15, -0.1) is 0 Å². The molecule has 1 aromatic rings. The van der Waals surface area contributed by atoms with Crippen LogP contribution in [0.15, 0.2) is 12.1 Å². The highest BCUT2D eigenvalue weighted by atomic mass is 19.1. The van der Waals surface area contributed by atoms with Crippen LogP contribution in [0.2, 0.25) is 0 Å². The molecule has 0 bridgehead atoms. The molecule has 0 amide bonds. The van der Waals surface area contributed by atoms with Gasteiger partial charge in [0.25, 0.3) is 0 Å². The van der Waals surface area contributed by atoms with Gasteiger partial charge in [-0.25, -0.2) is 4.39 Å². The molecule has 2 aliphatic rings. The lowest BCUT2D eigenvalue weighted by molar-refractivity contribution is 0.296. The summed E-state index contributed by atoms with van der Waals surface area (Å²) in [5.74, 6) is 0.847. The standard InChI is InChI=1S/C14H18FNO2/c15-11-9-13-12(17-6-3-7-18-13)8-10(11)14(16)4-1-2-5-14/h8-9H,1-7,16H2. The van der Waals surface area contributed by atoms with Crippen molar-refractivity contribution in [2.45, 2.75) is 37.6 Å². The lowest BCUT2D eigenvalue weighted by atomic mass is 9.88. The largest absolute Gasteiger partial charge is 0.490 e. The van der Waals surface area contributed by atoms with E-state index in [2.05, 4.69) is 0 Å². The second-order valence-corrected chi connectivity index (χ2v) is 5.19. The fourth-order valence-corrected chi connectivity index (χ4v) is 2.84. The van der Waals surface area contributed by atoms with Gasteiger partial charge in [-0.3, -0.25) is 0 Å². The van der Waals surface area contributed by atoms with E-state index in [1.54, 1.807) is 6.07 Å². The van der Waals surface area contributed by atoms with Crippen LogP contribution >= 0.6 is 0 Å². The third kappa shape index (κ3) is 1.94. The molecule has 1 saturated carbocycles. The first kappa shape index (κ1) is 11.8. The Morgan fingerprint density at radius 3 is 2.28 bits per heavy atom. The number of nitrogens with two attached hydrogens (primary N) is 1. The Kier molecular flexibility index (Phi) is 2.90. The molecule has 1 aliphatic heterocycles. The first-order valence-corrected chi connectivity index (χ1v) is 6.58. The van der Waals surface area contributed by atoms with Crippen molar-refractivity contribution in [2.75, 3.05) is 13.2 Å². The molecule has 1 aliphatic carbocycles. The van der Waals surface area contributed by atoms with Crippen LogP contribution in [0, 0.1) is 5.82 Å². The summed E-state index contributed by atoms with van der Waals surface area (Å²) in [6.07, 6.45) is 4.61. The van der Waals surface area contributed by atoms with Gasteiger partial charge >= 0.3 is 0 Å². The zero-order chi connectivity index (χ0) is 12.6. The van der Waals surface area contributed by atoms with Crippen molar-refractivity contribution in [3.05, 3.63) is 23.5 Å². The second-order valence-electron chi connectivity index (χ2n) is 5.19. The van der Waals surface area contributed by atoms with E-state index in [1.165, 1.54) is 6.07 Å². The molecule has 1 aromatic carbocycles. The molecule has 1 heterocycles. The molecule has 18 heavy (non-hydrogen) atoms. The quantitative estimate of drug-likeness (QED) is 0.834. The molecule has 0 spiro atoms. The summed E-state index contributed by atoms with van der Waals surface area (Å²) in [7, 11) is 0. The van der Waals surface area contributed by atoms with Gasteiger partial charge in [-0.1, -0.05) is 12.8 Å². The number of ether oxygens (including phenoxy) is 2. The first-order valence-electron chi connectivity index (χ1n) is 6.58.